The summed E-state index contributed by atoms with van der Waals surface area (Å²) < 4.78 is 18.7. The molecule has 5 heteroatoms. The molecule has 0 amide bonds. The molecule has 1 N–H and O–H groups in total. The van der Waals surface area contributed by atoms with Crippen molar-refractivity contribution in [1.82, 2.24) is 9.97 Å². The third kappa shape index (κ3) is 3.92. The van der Waals surface area contributed by atoms with E-state index in [9.17, 15) is 9.65 Å². The van der Waals surface area contributed by atoms with Crippen LogP contribution in [-0.4, -0.2) is 9.97 Å². The van der Waals surface area contributed by atoms with Crippen LogP contribution in [0.5, 0.6) is 5.75 Å². The molecule has 0 aliphatic carbocycles. The molecule has 0 atom stereocenters. The zero-order chi connectivity index (χ0) is 19.3. The Hall–Kier alpha value is -3.91. The van der Waals surface area contributed by atoms with Crippen LogP contribution in [0.3, 0.4) is 0 Å². The molecule has 0 bridgehead atoms. The predicted octanol–water partition coefficient (Wildman–Crippen LogP) is 5.35. The second-order valence-corrected chi connectivity index (χ2v) is 6.26. The summed E-state index contributed by atoms with van der Waals surface area (Å²) >= 11 is 0. The first-order chi connectivity index (χ1) is 13.7. The van der Waals surface area contributed by atoms with Crippen LogP contribution >= 0.6 is 0 Å². The lowest BCUT2D eigenvalue weighted by molar-refractivity contribution is 0.306. The zero-order valence-corrected chi connectivity index (χ0v) is 14.9. The van der Waals surface area contributed by atoms with E-state index in [0.717, 1.165) is 22.2 Å². The lowest BCUT2D eigenvalue weighted by atomic mass is 10.1. The number of rotatable bonds is 5. The molecule has 4 nitrogen and oxygen atoms in total. The van der Waals surface area contributed by atoms with Gasteiger partial charge < -0.3 is 9.72 Å². The maximum Gasteiger partial charge on any atom is 0.149 e. The first kappa shape index (κ1) is 17.5. The van der Waals surface area contributed by atoms with Crippen LogP contribution in [0.2, 0.25) is 0 Å². The van der Waals surface area contributed by atoms with Gasteiger partial charge >= 0.3 is 0 Å². The van der Waals surface area contributed by atoms with Crippen LogP contribution in [0.1, 0.15) is 17.0 Å². The smallest absolute Gasteiger partial charge is 0.149 e. The molecular formula is C23H16FN3O. The maximum atomic E-state index is 12.9. The number of aromatic nitrogens is 2. The number of ether oxygens (including phenoxy) is 1. The summed E-state index contributed by atoms with van der Waals surface area (Å²) in [7, 11) is 0. The van der Waals surface area contributed by atoms with Crippen molar-refractivity contribution in [2.75, 3.05) is 0 Å². The van der Waals surface area contributed by atoms with E-state index in [1.807, 2.05) is 48.5 Å². The van der Waals surface area contributed by atoms with E-state index in [2.05, 4.69) is 16.0 Å². The lowest BCUT2D eigenvalue weighted by Gasteiger charge is -2.06. The van der Waals surface area contributed by atoms with Gasteiger partial charge in [0.2, 0.25) is 0 Å². The number of halogens is 1. The van der Waals surface area contributed by atoms with Gasteiger partial charge in [-0.15, -0.1) is 0 Å². The fraction of sp³-hybridized carbons (Fsp3) is 0.0435. The van der Waals surface area contributed by atoms with Crippen molar-refractivity contribution in [3.8, 4) is 11.8 Å². The van der Waals surface area contributed by atoms with Gasteiger partial charge in [-0.1, -0.05) is 36.4 Å². The van der Waals surface area contributed by atoms with Gasteiger partial charge in [-0.05, 0) is 53.6 Å². The number of imidazole rings is 1. The molecule has 0 radical (unpaired) electrons. The summed E-state index contributed by atoms with van der Waals surface area (Å²) in [5.74, 6) is 0.974. The third-order valence-electron chi connectivity index (χ3n) is 4.27. The number of nitriles is 1. The van der Waals surface area contributed by atoms with Crippen LogP contribution in [-0.2, 0) is 6.61 Å². The van der Waals surface area contributed by atoms with Crippen LogP contribution in [0, 0.1) is 17.1 Å². The van der Waals surface area contributed by atoms with Gasteiger partial charge in [0.05, 0.1) is 16.6 Å². The minimum atomic E-state index is -0.266. The topological polar surface area (TPSA) is 61.7 Å². The Balaban J connectivity index is 1.49. The van der Waals surface area contributed by atoms with Gasteiger partial charge in [0, 0.05) is 0 Å². The highest BCUT2D eigenvalue weighted by atomic mass is 19.1. The van der Waals surface area contributed by atoms with Crippen LogP contribution in [0.25, 0.3) is 22.7 Å². The number of allylic oxidation sites excluding steroid dienone is 1. The fourth-order valence-electron chi connectivity index (χ4n) is 2.81. The molecule has 4 aromatic rings. The standard InChI is InChI=1S/C23H16FN3O/c24-19-9-5-17(6-10-19)15-28-20-11-7-16(8-12-20)13-18(14-25)23-26-21-3-1-2-4-22(21)27-23/h1-13H,15H2,(H,26,27)/b18-13-. The average Bonchev–Trinajstić information content (AvgIpc) is 3.16. The van der Waals surface area contributed by atoms with Crippen LogP contribution < -0.4 is 4.74 Å². The van der Waals surface area contributed by atoms with Crippen molar-refractivity contribution in [3.05, 3.63) is 95.6 Å². The minimum Gasteiger partial charge on any atom is -0.489 e. The molecule has 0 aliphatic rings. The number of H-pyrrole nitrogens is 1. The molecule has 0 spiro atoms. The summed E-state index contributed by atoms with van der Waals surface area (Å²) in [6.07, 6.45) is 1.78. The number of para-hydroxylation sites is 2. The Morgan fingerprint density at radius 3 is 2.50 bits per heavy atom. The summed E-state index contributed by atoms with van der Waals surface area (Å²) in [5, 5.41) is 9.52. The third-order valence-corrected chi connectivity index (χ3v) is 4.27. The molecule has 0 unspecified atom stereocenters. The van der Waals surface area contributed by atoms with Gasteiger partial charge in [0.1, 0.15) is 30.1 Å². The second kappa shape index (κ2) is 7.77. The molecule has 1 heterocycles. The van der Waals surface area contributed by atoms with Crippen LogP contribution in [0.4, 0.5) is 4.39 Å². The second-order valence-electron chi connectivity index (χ2n) is 6.26. The first-order valence-electron chi connectivity index (χ1n) is 8.75. The minimum absolute atomic E-state index is 0.266. The predicted molar refractivity (Wildman–Crippen MR) is 107 cm³/mol. The number of hydrogen-bond donors (Lipinski definition) is 1. The van der Waals surface area contributed by atoms with E-state index < -0.39 is 0 Å². The van der Waals surface area contributed by atoms with Gasteiger partial charge in [-0.2, -0.15) is 5.26 Å². The molecule has 4 rings (SSSR count). The Labute approximate surface area is 161 Å². The number of fused-ring (bicyclic) bond motifs is 1. The highest BCUT2D eigenvalue weighted by Gasteiger charge is 2.07. The van der Waals surface area contributed by atoms with Crippen molar-refractivity contribution in [1.29, 1.82) is 5.26 Å². The zero-order valence-electron chi connectivity index (χ0n) is 14.9. The highest BCUT2D eigenvalue weighted by Crippen LogP contribution is 2.21. The SMILES string of the molecule is N#C/C(=C/c1ccc(OCc2ccc(F)cc2)cc1)c1nc2ccccc2[nH]1. The van der Waals surface area contributed by atoms with E-state index in [4.69, 9.17) is 4.74 Å². The molecule has 0 saturated heterocycles. The van der Waals surface area contributed by atoms with Crippen molar-refractivity contribution >= 4 is 22.7 Å². The maximum absolute atomic E-state index is 12.9. The van der Waals surface area contributed by atoms with E-state index in [1.165, 1.54) is 12.1 Å². The number of benzene rings is 3. The highest BCUT2D eigenvalue weighted by molar-refractivity contribution is 5.90. The van der Waals surface area contributed by atoms with Gasteiger partial charge in [0.15, 0.2) is 0 Å². The van der Waals surface area contributed by atoms with Crippen molar-refractivity contribution in [3.63, 3.8) is 0 Å². The first-order valence-corrected chi connectivity index (χ1v) is 8.75. The molecule has 1 aromatic heterocycles. The normalized spacial score (nSPS) is 11.4. The van der Waals surface area contributed by atoms with Crippen LogP contribution in [0.15, 0.2) is 72.8 Å². The molecule has 136 valence electrons. The Bertz CT molecular complexity index is 1140. The van der Waals surface area contributed by atoms with E-state index in [1.54, 1.807) is 18.2 Å². The summed E-state index contributed by atoms with van der Waals surface area (Å²) in [4.78, 5) is 7.64. The van der Waals surface area contributed by atoms with Crippen molar-refractivity contribution < 1.29 is 9.13 Å². The van der Waals surface area contributed by atoms with E-state index in [-0.39, 0.29) is 5.82 Å². The molecule has 3 aromatic carbocycles. The lowest BCUT2D eigenvalue weighted by Crippen LogP contribution is -1.95. The number of hydrogen-bond acceptors (Lipinski definition) is 3. The van der Waals surface area contributed by atoms with E-state index in [0.29, 0.717) is 23.8 Å². The number of nitrogens with zero attached hydrogens (tertiary/aromatic N) is 2. The number of nitrogens with one attached hydrogen (secondary N) is 1. The molecule has 0 aliphatic heterocycles. The van der Waals surface area contributed by atoms with E-state index >= 15 is 0 Å². The van der Waals surface area contributed by atoms with Crippen molar-refractivity contribution in [2.24, 2.45) is 0 Å². The Morgan fingerprint density at radius 2 is 1.79 bits per heavy atom. The molecular weight excluding hydrogens is 353 g/mol. The largest absolute Gasteiger partial charge is 0.489 e. The number of aromatic amines is 1. The summed E-state index contributed by atoms with van der Waals surface area (Å²) in [6, 6.07) is 23.5. The van der Waals surface area contributed by atoms with Gasteiger partial charge in [-0.25, -0.2) is 9.37 Å². The molecule has 0 saturated carbocycles. The summed E-state index contributed by atoms with van der Waals surface area (Å²) in [5.41, 5.74) is 3.93. The molecule has 28 heavy (non-hydrogen) atoms. The Kier molecular flexibility index (Phi) is 4.85. The Morgan fingerprint density at radius 1 is 1.04 bits per heavy atom. The molecule has 0 fully saturated rings. The van der Waals surface area contributed by atoms with Gasteiger partial charge in [-0.3, -0.25) is 0 Å². The van der Waals surface area contributed by atoms with Gasteiger partial charge in [0.25, 0.3) is 0 Å². The monoisotopic (exact) mass is 369 g/mol. The summed E-state index contributed by atoms with van der Waals surface area (Å²) in [6.45, 7) is 0.359. The van der Waals surface area contributed by atoms with Crippen molar-refractivity contribution in [2.45, 2.75) is 6.61 Å². The fourth-order valence-corrected chi connectivity index (χ4v) is 2.81. The quantitative estimate of drug-likeness (QED) is 0.483. The average molecular weight is 369 g/mol.